The van der Waals surface area contributed by atoms with Gasteiger partial charge in [-0.3, -0.25) is 4.90 Å². The van der Waals surface area contributed by atoms with Gasteiger partial charge < -0.3 is 10.6 Å². The van der Waals surface area contributed by atoms with E-state index in [2.05, 4.69) is 51.7 Å². The first kappa shape index (κ1) is 16.9. The molecule has 0 aromatic rings. The van der Waals surface area contributed by atoms with Gasteiger partial charge in [-0.15, -0.1) is 0 Å². The molecule has 2 atom stereocenters. The van der Waals surface area contributed by atoms with E-state index in [0.29, 0.717) is 11.3 Å². The second kappa shape index (κ2) is 6.55. The minimum atomic E-state index is 0.224. The van der Waals surface area contributed by atoms with Crippen LogP contribution in [0.25, 0.3) is 0 Å². The Morgan fingerprint density at radius 1 is 1.11 bits per heavy atom. The number of likely N-dealkylation sites (N-methyl/N-ethyl adjacent to an activating group) is 1. The minimum Gasteiger partial charge on any atom is -0.329 e. The Balaban J connectivity index is 2.64. The van der Waals surface area contributed by atoms with Gasteiger partial charge in [0.2, 0.25) is 0 Å². The van der Waals surface area contributed by atoms with Crippen LogP contribution in [0.15, 0.2) is 0 Å². The van der Waals surface area contributed by atoms with Crippen LogP contribution in [0.2, 0.25) is 0 Å². The van der Waals surface area contributed by atoms with E-state index in [0.717, 1.165) is 19.6 Å². The van der Waals surface area contributed by atoms with E-state index in [1.54, 1.807) is 0 Å². The zero-order valence-corrected chi connectivity index (χ0v) is 14.0. The second-order valence-electron chi connectivity index (χ2n) is 7.66. The van der Waals surface area contributed by atoms with Crippen molar-refractivity contribution in [3.05, 3.63) is 0 Å². The summed E-state index contributed by atoms with van der Waals surface area (Å²) in [7, 11) is 6.56. The highest BCUT2D eigenvalue weighted by atomic mass is 15.2. The molecule has 2 N–H and O–H groups in total. The smallest absolute Gasteiger partial charge is 0.0354 e. The maximum Gasteiger partial charge on any atom is 0.0354 e. The minimum absolute atomic E-state index is 0.224. The third-order valence-electron chi connectivity index (χ3n) is 5.22. The van der Waals surface area contributed by atoms with Crippen LogP contribution in [0.3, 0.4) is 0 Å². The van der Waals surface area contributed by atoms with Gasteiger partial charge in [0.25, 0.3) is 0 Å². The van der Waals surface area contributed by atoms with E-state index in [1.165, 1.54) is 25.7 Å². The first-order valence-corrected chi connectivity index (χ1v) is 7.79. The lowest BCUT2D eigenvalue weighted by Gasteiger charge is -2.53. The molecule has 1 fully saturated rings. The molecule has 1 saturated carbocycles. The van der Waals surface area contributed by atoms with Crippen molar-refractivity contribution in [2.45, 2.75) is 52.0 Å². The van der Waals surface area contributed by atoms with Crippen molar-refractivity contribution >= 4 is 0 Å². The fourth-order valence-corrected chi connectivity index (χ4v) is 3.80. The molecule has 3 heteroatoms. The van der Waals surface area contributed by atoms with Crippen LogP contribution in [-0.4, -0.2) is 56.1 Å². The summed E-state index contributed by atoms with van der Waals surface area (Å²) in [4.78, 5) is 4.81. The third-order valence-corrected chi connectivity index (χ3v) is 5.22. The molecule has 0 spiro atoms. The fraction of sp³-hybridized carbons (Fsp3) is 1.00. The van der Waals surface area contributed by atoms with E-state index >= 15 is 0 Å². The van der Waals surface area contributed by atoms with E-state index < -0.39 is 0 Å². The predicted molar refractivity (Wildman–Crippen MR) is 84.4 cm³/mol. The van der Waals surface area contributed by atoms with Crippen molar-refractivity contribution in [2.24, 2.45) is 17.1 Å². The highest BCUT2D eigenvalue weighted by Crippen LogP contribution is 2.45. The van der Waals surface area contributed by atoms with Gasteiger partial charge in [0.05, 0.1) is 0 Å². The number of rotatable bonds is 6. The van der Waals surface area contributed by atoms with Crippen LogP contribution in [0, 0.1) is 11.3 Å². The average molecular weight is 269 g/mol. The molecule has 1 aliphatic carbocycles. The van der Waals surface area contributed by atoms with Crippen LogP contribution >= 0.6 is 0 Å². The molecular weight excluding hydrogens is 234 g/mol. The van der Waals surface area contributed by atoms with E-state index in [9.17, 15) is 0 Å². The molecule has 0 aromatic heterocycles. The molecule has 0 radical (unpaired) electrons. The Bertz CT molecular complexity index is 275. The van der Waals surface area contributed by atoms with Gasteiger partial charge in [0.1, 0.15) is 0 Å². The molecule has 19 heavy (non-hydrogen) atoms. The maximum absolute atomic E-state index is 6.20. The van der Waals surface area contributed by atoms with Crippen molar-refractivity contribution < 1.29 is 0 Å². The van der Waals surface area contributed by atoms with E-state index in [1.807, 2.05) is 0 Å². The molecular formula is C16H35N3. The third kappa shape index (κ3) is 4.17. The molecule has 0 heterocycles. The fourth-order valence-electron chi connectivity index (χ4n) is 3.80. The number of nitrogens with two attached hydrogens (primary N) is 1. The lowest BCUT2D eigenvalue weighted by Crippen LogP contribution is -2.60. The van der Waals surface area contributed by atoms with Crippen LogP contribution in [0.4, 0.5) is 0 Å². The molecule has 1 aliphatic rings. The van der Waals surface area contributed by atoms with Crippen LogP contribution in [0.5, 0.6) is 0 Å². The maximum atomic E-state index is 6.20. The van der Waals surface area contributed by atoms with Crippen molar-refractivity contribution in [1.82, 2.24) is 9.80 Å². The summed E-state index contributed by atoms with van der Waals surface area (Å²) in [6, 6.07) is 0. The predicted octanol–water partition coefficient (Wildman–Crippen LogP) is 2.41. The van der Waals surface area contributed by atoms with Crippen LogP contribution < -0.4 is 5.73 Å². The van der Waals surface area contributed by atoms with Crippen LogP contribution in [0.1, 0.15) is 46.5 Å². The summed E-state index contributed by atoms with van der Waals surface area (Å²) in [6.45, 7) is 10.3. The number of hydrogen-bond donors (Lipinski definition) is 1. The zero-order chi connectivity index (χ0) is 14.7. The Hall–Kier alpha value is -0.120. The summed E-state index contributed by atoms with van der Waals surface area (Å²) in [5.41, 5.74) is 6.91. The normalized spacial score (nSPS) is 31.1. The van der Waals surface area contributed by atoms with Crippen molar-refractivity contribution in [3.63, 3.8) is 0 Å². The summed E-state index contributed by atoms with van der Waals surface area (Å²) in [6.07, 6.45) is 5.06. The summed E-state index contributed by atoms with van der Waals surface area (Å²) in [5.74, 6) is 0.686. The van der Waals surface area contributed by atoms with Gasteiger partial charge in [0, 0.05) is 12.1 Å². The van der Waals surface area contributed by atoms with Crippen molar-refractivity contribution in [1.29, 1.82) is 0 Å². The number of hydrogen-bond acceptors (Lipinski definition) is 3. The highest BCUT2D eigenvalue weighted by Gasteiger charge is 2.45. The zero-order valence-electron chi connectivity index (χ0n) is 14.0. The second-order valence-corrected chi connectivity index (χ2v) is 7.66. The van der Waals surface area contributed by atoms with E-state index in [-0.39, 0.29) is 5.54 Å². The summed E-state index contributed by atoms with van der Waals surface area (Å²) in [5, 5.41) is 0. The summed E-state index contributed by atoms with van der Waals surface area (Å²) < 4.78 is 0. The Morgan fingerprint density at radius 3 is 2.21 bits per heavy atom. The van der Waals surface area contributed by atoms with Gasteiger partial charge >= 0.3 is 0 Å². The highest BCUT2D eigenvalue weighted by molar-refractivity contribution is 5.01. The Morgan fingerprint density at radius 2 is 1.74 bits per heavy atom. The van der Waals surface area contributed by atoms with Gasteiger partial charge in [-0.2, -0.15) is 0 Å². The topological polar surface area (TPSA) is 32.5 Å². The molecule has 0 amide bonds. The largest absolute Gasteiger partial charge is 0.329 e. The average Bonchev–Trinajstić information content (AvgIpc) is 2.28. The molecule has 2 unspecified atom stereocenters. The Kier molecular flexibility index (Phi) is 5.84. The molecule has 1 rings (SSSR count). The Labute approximate surface area is 120 Å². The SMILES string of the molecule is CC1CC(C)(C)CCC1(CN)N(C)CCCN(C)C. The molecule has 0 saturated heterocycles. The van der Waals surface area contributed by atoms with Gasteiger partial charge in [0.15, 0.2) is 0 Å². The van der Waals surface area contributed by atoms with Crippen molar-refractivity contribution in [2.75, 3.05) is 40.8 Å². The van der Waals surface area contributed by atoms with Gasteiger partial charge in [-0.1, -0.05) is 20.8 Å². The monoisotopic (exact) mass is 269 g/mol. The van der Waals surface area contributed by atoms with Gasteiger partial charge in [-0.05, 0) is 71.2 Å². The lowest BCUT2D eigenvalue weighted by molar-refractivity contribution is -0.00823. The summed E-state index contributed by atoms with van der Waals surface area (Å²) >= 11 is 0. The van der Waals surface area contributed by atoms with Gasteiger partial charge in [-0.25, -0.2) is 0 Å². The first-order chi connectivity index (χ1) is 8.73. The number of nitrogens with zero attached hydrogens (tertiary/aromatic N) is 2. The standard InChI is InChI=1S/C16H35N3/c1-14-12-15(2,3)8-9-16(14,13-17)19(6)11-7-10-18(4)5/h14H,7-13,17H2,1-6H3. The van der Waals surface area contributed by atoms with E-state index in [4.69, 9.17) is 5.73 Å². The molecule has 0 aliphatic heterocycles. The first-order valence-electron chi connectivity index (χ1n) is 7.79. The molecule has 0 bridgehead atoms. The molecule has 114 valence electrons. The molecule has 3 nitrogen and oxygen atoms in total. The lowest BCUT2D eigenvalue weighted by atomic mass is 9.63. The molecule has 0 aromatic carbocycles. The quantitative estimate of drug-likeness (QED) is 0.804. The van der Waals surface area contributed by atoms with Crippen molar-refractivity contribution in [3.8, 4) is 0 Å². The van der Waals surface area contributed by atoms with Crippen LogP contribution in [-0.2, 0) is 0 Å².